The minimum atomic E-state index is 0.126. The first-order valence-electron chi connectivity index (χ1n) is 7.32. The lowest BCUT2D eigenvalue weighted by Crippen LogP contribution is -2.40. The summed E-state index contributed by atoms with van der Waals surface area (Å²) in [7, 11) is 0. The molecule has 2 saturated carbocycles. The van der Waals surface area contributed by atoms with Crippen LogP contribution < -0.4 is 5.32 Å². The first-order valence-corrected chi connectivity index (χ1v) is 8.20. The van der Waals surface area contributed by atoms with Gasteiger partial charge in [-0.15, -0.1) is 11.3 Å². The molecular weight excluding hydrogens is 256 g/mol. The highest BCUT2D eigenvalue weighted by Gasteiger charge is 2.42. The van der Waals surface area contributed by atoms with Crippen molar-refractivity contribution in [2.75, 3.05) is 0 Å². The molecular formula is C15H22N2OS. The molecule has 2 bridgehead atoms. The van der Waals surface area contributed by atoms with Gasteiger partial charge in [0.05, 0.1) is 17.1 Å². The van der Waals surface area contributed by atoms with Crippen LogP contribution in [0.3, 0.4) is 0 Å². The number of nitrogens with one attached hydrogen (secondary N) is 1. The van der Waals surface area contributed by atoms with Gasteiger partial charge in [-0.05, 0) is 50.9 Å². The van der Waals surface area contributed by atoms with Crippen molar-refractivity contribution in [3.8, 4) is 0 Å². The average molecular weight is 278 g/mol. The molecule has 1 heterocycles. The molecule has 1 aromatic heterocycles. The van der Waals surface area contributed by atoms with Crippen LogP contribution in [0.15, 0.2) is 5.38 Å². The summed E-state index contributed by atoms with van der Waals surface area (Å²) in [5.41, 5.74) is 0.903. The number of hydrogen-bond donors (Lipinski definition) is 1. The zero-order chi connectivity index (χ0) is 13.4. The molecule has 3 nitrogen and oxygen atoms in total. The number of fused-ring (bicyclic) bond motifs is 2. The minimum absolute atomic E-state index is 0.126. The van der Waals surface area contributed by atoms with E-state index in [-0.39, 0.29) is 5.91 Å². The molecule has 4 unspecified atom stereocenters. The second-order valence-corrected chi connectivity index (χ2v) is 7.29. The van der Waals surface area contributed by atoms with Crippen LogP contribution in [0, 0.1) is 24.7 Å². The van der Waals surface area contributed by atoms with E-state index in [4.69, 9.17) is 0 Å². The number of hydrogen-bond acceptors (Lipinski definition) is 3. The molecule has 0 aliphatic heterocycles. The number of thiazole rings is 1. The third-order valence-electron chi connectivity index (χ3n) is 4.83. The van der Waals surface area contributed by atoms with Crippen molar-refractivity contribution in [3.63, 3.8) is 0 Å². The highest BCUT2D eigenvalue weighted by atomic mass is 32.1. The van der Waals surface area contributed by atoms with E-state index in [0.29, 0.717) is 18.4 Å². The second kappa shape index (κ2) is 5.23. The van der Waals surface area contributed by atoms with Gasteiger partial charge >= 0.3 is 0 Å². The summed E-state index contributed by atoms with van der Waals surface area (Å²) in [4.78, 5) is 16.4. The fourth-order valence-electron chi connectivity index (χ4n) is 3.97. The van der Waals surface area contributed by atoms with Crippen molar-refractivity contribution in [1.29, 1.82) is 0 Å². The van der Waals surface area contributed by atoms with Gasteiger partial charge in [0.15, 0.2) is 0 Å². The Balaban J connectivity index is 1.52. The monoisotopic (exact) mass is 278 g/mol. The molecule has 104 valence electrons. The third-order valence-corrected chi connectivity index (χ3v) is 5.65. The summed E-state index contributed by atoms with van der Waals surface area (Å²) in [5, 5.41) is 6.20. The van der Waals surface area contributed by atoms with Gasteiger partial charge in [-0.3, -0.25) is 4.79 Å². The van der Waals surface area contributed by atoms with Gasteiger partial charge < -0.3 is 5.32 Å². The molecule has 4 heteroatoms. The number of amides is 1. The lowest BCUT2D eigenvalue weighted by atomic mass is 9.84. The Morgan fingerprint density at radius 2 is 2.37 bits per heavy atom. The maximum Gasteiger partial charge on any atom is 0.226 e. The Kier molecular flexibility index (Phi) is 3.61. The van der Waals surface area contributed by atoms with Crippen LogP contribution in [0.5, 0.6) is 0 Å². The minimum Gasteiger partial charge on any atom is -0.353 e. The predicted octanol–water partition coefficient (Wildman–Crippen LogP) is 2.93. The van der Waals surface area contributed by atoms with E-state index in [2.05, 4.69) is 17.2 Å². The number of aromatic nitrogens is 1. The molecule has 2 aliphatic carbocycles. The standard InChI is InChI=1S/C15H22N2OS/c1-9(14-6-11-3-4-12(14)5-11)16-15(18)7-13-8-19-10(2)17-13/h8-9,11-12,14H,3-7H2,1-2H3,(H,16,18). The Bertz CT molecular complexity index is 470. The largest absolute Gasteiger partial charge is 0.353 e. The highest BCUT2D eigenvalue weighted by molar-refractivity contribution is 7.09. The Labute approximate surface area is 118 Å². The van der Waals surface area contributed by atoms with Crippen molar-refractivity contribution < 1.29 is 4.79 Å². The zero-order valence-electron chi connectivity index (χ0n) is 11.7. The lowest BCUT2D eigenvalue weighted by Gasteiger charge is -2.28. The molecule has 0 spiro atoms. The predicted molar refractivity (Wildman–Crippen MR) is 77.1 cm³/mol. The van der Waals surface area contributed by atoms with Crippen LogP contribution in [0.4, 0.5) is 0 Å². The summed E-state index contributed by atoms with van der Waals surface area (Å²) in [6.45, 7) is 4.15. The molecule has 2 fully saturated rings. The number of carbonyl (C=O) groups excluding carboxylic acids is 1. The van der Waals surface area contributed by atoms with E-state index < -0.39 is 0 Å². The van der Waals surface area contributed by atoms with Crippen molar-refractivity contribution in [1.82, 2.24) is 10.3 Å². The quantitative estimate of drug-likeness (QED) is 0.920. The summed E-state index contributed by atoms with van der Waals surface area (Å²) in [5.74, 6) is 2.64. The first kappa shape index (κ1) is 13.1. The number of nitrogens with zero attached hydrogens (tertiary/aromatic N) is 1. The van der Waals surface area contributed by atoms with E-state index in [1.807, 2.05) is 12.3 Å². The van der Waals surface area contributed by atoms with Crippen LogP contribution in [0.25, 0.3) is 0 Å². The zero-order valence-corrected chi connectivity index (χ0v) is 12.5. The second-order valence-electron chi connectivity index (χ2n) is 6.23. The van der Waals surface area contributed by atoms with Crippen LogP contribution in [-0.4, -0.2) is 16.9 Å². The van der Waals surface area contributed by atoms with Gasteiger partial charge in [-0.25, -0.2) is 4.98 Å². The van der Waals surface area contributed by atoms with Crippen LogP contribution in [0.2, 0.25) is 0 Å². The maximum atomic E-state index is 12.0. The molecule has 3 rings (SSSR count). The fraction of sp³-hybridized carbons (Fsp3) is 0.733. The third kappa shape index (κ3) is 2.83. The first-order chi connectivity index (χ1) is 9.11. The Hall–Kier alpha value is -0.900. The summed E-state index contributed by atoms with van der Waals surface area (Å²) in [6, 6.07) is 0.322. The Morgan fingerprint density at radius 1 is 1.53 bits per heavy atom. The number of carbonyl (C=O) groups is 1. The molecule has 1 N–H and O–H groups in total. The van der Waals surface area contributed by atoms with Gasteiger partial charge in [-0.1, -0.05) is 6.42 Å². The molecule has 1 aromatic rings. The molecule has 0 aromatic carbocycles. The van der Waals surface area contributed by atoms with E-state index in [1.54, 1.807) is 11.3 Å². The SMILES string of the molecule is Cc1nc(CC(=O)NC(C)C2CC3CCC2C3)cs1. The van der Waals surface area contributed by atoms with Crippen LogP contribution in [0.1, 0.15) is 43.3 Å². The normalized spacial score (nSPS) is 30.5. The van der Waals surface area contributed by atoms with Gasteiger partial charge in [0, 0.05) is 11.4 Å². The van der Waals surface area contributed by atoms with E-state index >= 15 is 0 Å². The average Bonchev–Trinajstić information content (AvgIpc) is 3.05. The van der Waals surface area contributed by atoms with E-state index in [1.165, 1.54) is 25.7 Å². The summed E-state index contributed by atoms with van der Waals surface area (Å²) >= 11 is 1.61. The maximum absolute atomic E-state index is 12.0. The Morgan fingerprint density at radius 3 is 2.95 bits per heavy atom. The van der Waals surface area contributed by atoms with E-state index in [9.17, 15) is 4.79 Å². The number of rotatable bonds is 4. The smallest absolute Gasteiger partial charge is 0.226 e. The molecule has 2 aliphatic rings. The van der Waals surface area contributed by atoms with Gasteiger partial charge in [0.1, 0.15) is 0 Å². The molecule has 0 saturated heterocycles. The summed E-state index contributed by atoms with van der Waals surface area (Å²) < 4.78 is 0. The van der Waals surface area contributed by atoms with Crippen molar-refractivity contribution in [2.45, 2.75) is 52.0 Å². The van der Waals surface area contributed by atoms with Gasteiger partial charge in [0.2, 0.25) is 5.91 Å². The van der Waals surface area contributed by atoms with Crippen molar-refractivity contribution in [3.05, 3.63) is 16.1 Å². The van der Waals surface area contributed by atoms with Crippen molar-refractivity contribution >= 4 is 17.2 Å². The van der Waals surface area contributed by atoms with Gasteiger partial charge in [-0.2, -0.15) is 0 Å². The number of aryl methyl sites for hydroxylation is 1. The molecule has 19 heavy (non-hydrogen) atoms. The van der Waals surface area contributed by atoms with Crippen molar-refractivity contribution in [2.24, 2.45) is 17.8 Å². The summed E-state index contributed by atoms with van der Waals surface area (Å²) in [6.07, 6.45) is 5.94. The van der Waals surface area contributed by atoms with E-state index in [0.717, 1.165) is 22.5 Å². The highest BCUT2D eigenvalue weighted by Crippen LogP contribution is 2.49. The molecule has 1 amide bonds. The van der Waals surface area contributed by atoms with Gasteiger partial charge in [0.25, 0.3) is 0 Å². The fourth-order valence-corrected chi connectivity index (χ4v) is 4.58. The molecule has 4 atom stereocenters. The van der Waals surface area contributed by atoms with Crippen LogP contribution in [-0.2, 0) is 11.2 Å². The van der Waals surface area contributed by atoms with Crippen LogP contribution >= 0.6 is 11.3 Å². The lowest BCUT2D eigenvalue weighted by molar-refractivity contribution is -0.121. The molecule has 0 radical (unpaired) electrons. The topological polar surface area (TPSA) is 42.0 Å².